The van der Waals surface area contributed by atoms with E-state index in [1.165, 1.54) is 0 Å². The van der Waals surface area contributed by atoms with Gasteiger partial charge in [-0.1, -0.05) is 0 Å². The lowest BCUT2D eigenvalue weighted by atomic mass is 10.1. The molecule has 1 saturated heterocycles. The van der Waals surface area contributed by atoms with E-state index in [0.29, 0.717) is 13.2 Å². The lowest BCUT2D eigenvalue weighted by molar-refractivity contribution is -0.137. The molecule has 2 rings (SSSR count). The minimum atomic E-state index is -4.39. The molecule has 2 atom stereocenters. The minimum Gasteiger partial charge on any atom is -0.376 e. The van der Waals surface area contributed by atoms with Crippen LogP contribution >= 0.6 is 0 Å². The van der Waals surface area contributed by atoms with Gasteiger partial charge in [-0.05, 0) is 32.4 Å². The van der Waals surface area contributed by atoms with E-state index >= 15 is 0 Å². The molecule has 0 bridgehead atoms. The molecule has 1 aromatic heterocycles. The molecule has 2 unspecified atom stereocenters. The fourth-order valence-corrected chi connectivity index (χ4v) is 2.15. The van der Waals surface area contributed by atoms with Gasteiger partial charge in [-0.15, -0.1) is 0 Å². The van der Waals surface area contributed by atoms with E-state index < -0.39 is 11.7 Å². The van der Waals surface area contributed by atoms with Gasteiger partial charge in [0, 0.05) is 13.2 Å². The average Bonchev–Trinajstić information content (AvgIpc) is 2.74. The van der Waals surface area contributed by atoms with E-state index in [-0.39, 0.29) is 23.8 Å². The van der Waals surface area contributed by atoms with Gasteiger partial charge in [0.2, 0.25) is 0 Å². The highest BCUT2D eigenvalue weighted by atomic mass is 19.4. The van der Waals surface area contributed by atoms with Crippen LogP contribution in [0.2, 0.25) is 0 Å². The summed E-state index contributed by atoms with van der Waals surface area (Å²) in [6, 6.07) is 2.04. The molecule has 0 amide bonds. The van der Waals surface area contributed by atoms with Gasteiger partial charge in [-0.2, -0.15) is 13.2 Å². The zero-order valence-electron chi connectivity index (χ0n) is 11.4. The average molecular weight is 289 g/mol. The van der Waals surface area contributed by atoms with E-state index in [0.717, 1.165) is 18.6 Å². The molecule has 20 heavy (non-hydrogen) atoms. The van der Waals surface area contributed by atoms with Gasteiger partial charge in [0.05, 0.1) is 17.7 Å². The summed E-state index contributed by atoms with van der Waals surface area (Å²) in [4.78, 5) is 4.16. The van der Waals surface area contributed by atoms with Gasteiger partial charge in [0.1, 0.15) is 11.6 Å². The molecule has 0 saturated carbocycles. The Hall–Kier alpha value is -1.50. The predicted molar refractivity (Wildman–Crippen MR) is 70.8 cm³/mol. The third-order valence-corrected chi connectivity index (χ3v) is 3.22. The van der Waals surface area contributed by atoms with Crippen LogP contribution in [0.15, 0.2) is 12.1 Å². The first-order chi connectivity index (χ1) is 9.40. The second-order valence-electron chi connectivity index (χ2n) is 4.77. The molecule has 1 fully saturated rings. The molecule has 2 heterocycles. The number of pyridine rings is 1. The smallest absolute Gasteiger partial charge is 0.376 e. The van der Waals surface area contributed by atoms with Crippen LogP contribution in [0.25, 0.3) is 0 Å². The standard InChI is InChI=1S/C13H18F3N3O/c1-3-17-11-6-9(13(14,15)16)7-12(19-11)18-10-4-5-20-8(10)2/h6-8,10H,3-5H2,1-2H3,(H2,17,18,19). The summed E-state index contributed by atoms with van der Waals surface area (Å²) >= 11 is 0. The summed E-state index contributed by atoms with van der Waals surface area (Å²) in [6.45, 7) is 4.82. The van der Waals surface area contributed by atoms with Crippen molar-refractivity contribution >= 4 is 11.6 Å². The molecule has 112 valence electrons. The fourth-order valence-electron chi connectivity index (χ4n) is 2.15. The molecule has 4 nitrogen and oxygen atoms in total. The number of hydrogen-bond acceptors (Lipinski definition) is 4. The van der Waals surface area contributed by atoms with Gasteiger partial charge in [-0.3, -0.25) is 0 Å². The van der Waals surface area contributed by atoms with Crippen molar-refractivity contribution in [1.82, 2.24) is 4.98 Å². The highest BCUT2D eigenvalue weighted by molar-refractivity contribution is 5.50. The summed E-state index contributed by atoms with van der Waals surface area (Å²) in [5.41, 5.74) is -0.711. The Labute approximate surface area is 115 Å². The summed E-state index contributed by atoms with van der Waals surface area (Å²) in [5, 5.41) is 5.84. The van der Waals surface area contributed by atoms with Crippen molar-refractivity contribution in [3.05, 3.63) is 17.7 Å². The van der Waals surface area contributed by atoms with Gasteiger partial charge < -0.3 is 15.4 Å². The maximum atomic E-state index is 12.9. The number of aromatic nitrogens is 1. The highest BCUT2D eigenvalue weighted by Gasteiger charge is 2.32. The van der Waals surface area contributed by atoms with Crippen LogP contribution in [0.4, 0.5) is 24.8 Å². The Morgan fingerprint density at radius 2 is 2.05 bits per heavy atom. The molecule has 0 aromatic carbocycles. The van der Waals surface area contributed by atoms with E-state index in [9.17, 15) is 13.2 Å². The molecule has 7 heteroatoms. The number of rotatable bonds is 4. The summed E-state index contributed by atoms with van der Waals surface area (Å²) in [6.07, 6.45) is -3.66. The van der Waals surface area contributed by atoms with E-state index in [4.69, 9.17) is 4.74 Å². The molecular formula is C13H18F3N3O. The van der Waals surface area contributed by atoms with Gasteiger partial charge >= 0.3 is 6.18 Å². The quantitative estimate of drug-likeness (QED) is 0.894. The second kappa shape index (κ2) is 5.87. The highest BCUT2D eigenvalue weighted by Crippen LogP contribution is 2.32. The van der Waals surface area contributed by atoms with Crippen LogP contribution in [0.3, 0.4) is 0 Å². The first-order valence-electron chi connectivity index (χ1n) is 6.61. The SMILES string of the molecule is CCNc1cc(C(F)(F)F)cc(NC2CCOC2C)n1. The van der Waals surface area contributed by atoms with Crippen molar-refractivity contribution in [3.8, 4) is 0 Å². The van der Waals surface area contributed by atoms with Gasteiger partial charge in [-0.25, -0.2) is 4.98 Å². The van der Waals surface area contributed by atoms with Crippen LogP contribution < -0.4 is 10.6 Å². The summed E-state index contributed by atoms with van der Waals surface area (Å²) in [5.74, 6) is 0.439. The van der Waals surface area contributed by atoms with Crippen LogP contribution in [0.1, 0.15) is 25.8 Å². The molecule has 0 radical (unpaired) electrons. The maximum Gasteiger partial charge on any atom is 0.416 e. The van der Waals surface area contributed by atoms with Crippen LogP contribution in [0.5, 0.6) is 0 Å². The van der Waals surface area contributed by atoms with Crippen LogP contribution in [0, 0.1) is 0 Å². The Morgan fingerprint density at radius 1 is 1.35 bits per heavy atom. The maximum absolute atomic E-state index is 12.9. The zero-order chi connectivity index (χ0) is 14.8. The summed E-state index contributed by atoms with van der Waals surface area (Å²) < 4.78 is 44.0. The largest absolute Gasteiger partial charge is 0.416 e. The monoisotopic (exact) mass is 289 g/mol. The Balaban J connectivity index is 2.24. The number of anilines is 2. The van der Waals surface area contributed by atoms with Crippen molar-refractivity contribution in [3.63, 3.8) is 0 Å². The van der Waals surface area contributed by atoms with Crippen LogP contribution in [-0.2, 0) is 10.9 Å². The first-order valence-corrected chi connectivity index (χ1v) is 6.61. The zero-order valence-corrected chi connectivity index (χ0v) is 11.4. The fraction of sp³-hybridized carbons (Fsp3) is 0.615. The Bertz CT molecular complexity index is 465. The molecular weight excluding hydrogens is 271 g/mol. The third-order valence-electron chi connectivity index (χ3n) is 3.22. The number of ether oxygens (including phenoxy) is 1. The molecule has 1 aromatic rings. The Kier molecular flexibility index (Phi) is 4.37. The normalized spacial score (nSPS) is 22.9. The lowest BCUT2D eigenvalue weighted by Crippen LogP contribution is -2.27. The minimum absolute atomic E-state index is 0.0135. The predicted octanol–water partition coefficient (Wildman–Crippen LogP) is 3.12. The molecule has 1 aliphatic rings. The molecule has 0 spiro atoms. The Morgan fingerprint density at radius 3 is 2.60 bits per heavy atom. The van der Waals surface area contributed by atoms with Crippen molar-refractivity contribution in [2.24, 2.45) is 0 Å². The van der Waals surface area contributed by atoms with E-state index in [1.807, 2.05) is 13.8 Å². The lowest BCUT2D eigenvalue weighted by Gasteiger charge is -2.18. The van der Waals surface area contributed by atoms with Gasteiger partial charge in [0.25, 0.3) is 0 Å². The third kappa shape index (κ3) is 3.53. The molecule has 0 aliphatic carbocycles. The number of alkyl halides is 3. The van der Waals surface area contributed by atoms with Crippen molar-refractivity contribution in [1.29, 1.82) is 0 Å². The van der Waals surface area contributed by atoms with Crippen LogP contribution in [-0.4, -0.2) is 30.3 Å². The van der Waals surface area contributed by atoms with Crippen molar-refractivity contribution in [2.45, 2.75) is 38.6 Å². The van der Waals surface area contributed by atoms with Gasteiger partial charge in [0.15, 0.2) is 0 Å². The van der Waals surface area contributed by atoms with E-state index in [1.54, 1.807) is 0 Å². The van der Waals surface area contributed by atoms with Crippen molar-refractivity contribution < 1.29 is 17.9 Å². The molecule has 1 aliphatic heterocycles. The second-order valence-corrected chi connectivity index (χ2v) is 4.77. The molecule has 2 N–H and O–H groups in total. The van der Waals surface area contributed by atoms with Crippen molar-refractivity contribution in [2.75, 3.05) is 23.8 Å². The first kappa shape index (κ1) is 14.9. The summed E-state index contributed by atoms with van der Waals surface area (Å²) in [7, 11) is 0. The van der Waals surface area contributed by atoms with E-state index in [2.05, 4.69) is 15.6 Å². The topological polar surface area (TPSA) is 46.2 Å². The number of hydrogen-bond donors (Lipinski definition) is 2. The number of nitrogens with zero attached hydrogens (tertiary/aromatic N) is 1. The number of nitrogens with one attached hydrogen (secondary N) is 2. The number of halogens is 3.